The molecule has 10 heavy (non-hydrogen) atoms. The second kappa shape index (κ2) is 2.87. The maximum Gasteiger partial charge on any atom is 0.219 e. The van der Waals surface area contributed by atoms with E-state index in [-0.39, 0.29) is 5.76 Å². The Morgan fingerprint density at radius 1 is 1.70 bits per heavy atom. The minimum atomic E-state index is -0.403. The molecule has 1 aromatic rings. The van der Waals surface area contributed by atoms with Gasteiger partial charge in [-0.05, 0) is 18.2 Å². The van der Waals surface area contributed by atoms with E-state index in [0.29, 0.717) is 6.26 Å². The number of carbonyl (C=O) groups is 1. The Hall–Kier alpha value is -1.51. The Kier molecular flexibility index (Phi) is 1.89. The molecule has 0 radical (unpaired) electrons. The SMILES string of the molecule is O=C(/C=C/[O-])c1ccco1. The summed E-state index contributed by atoms with van der Waals surface area (Å²) < 4.78 is 4.71. The molecule has 1 aromatic heterocycles. The lowest BCUT2D eigenvalue weighted by atomic mass is 10.3. The molecule has 0 N–H and O–H groups in total. The molecule has 0 bridgehead atoms. The maximum atomic E-state index is 10.7. The molecule has 0 unspecified atom stereocenters. The topological polar surface area (TPSA) is 53.3 Å². The summed E-state index contributed by atoms with van der Waals surface area (Å²) in [5, 5.41) is 9.79. The van der Waals surface area contributed by atoms with E-state index in [0.717, 1.165) is 6.08 Å². The smallest absolute Gasteiger partial charge is 0.219 e. The summed E-state index contributed by atoms with van der Waals surface area (Å²) >= 11 is 0. The molecule has 0 spiro atoms. The van der Waals surface area contributed by atoms with E-state index < -0.39 is 5.78 Å². The highest BCUT2D eigenvalue weighted by atomic mass is 16.3. The number of rotatable bonds is 2. The number of hydrogen-bond acceptors (Lipinski definition) is 3. The minimum Gasteiger partial charge on any atom is -0.878 e. The summed E-state index contributed by atoms with van der Waals surface area (Å²) in [5.74, 6) is -0.216. The quantitative estimate of drug-likeness (QED) is 0.335. The van der Waals surface area contributed by atoms with Gasteiger partial charge in [0.25, 0.3) is 0 Å². The van der Waals surface area contributed by atoms with Crippen molar-refractivity contribution < 1.29 is 14.3 Å². The molecule has 0 aliphatic carbocycles. The second-order valence-corrected chi connectivity index (χ2v) is 1.64. The van der Waals surface area contributed by atoms with Crippen molar-refractivity contribution in [1.29, 1.82) is 0 Å². The summed E-state index contributed by atoms with van der Waals surface area (Å²) in [6.45, 7) is 0. The van der Waals surface area contributed by atoms with Crippen LogP contribution in [0.25, 0.3) is 0 Å². The van der Waals surface area contributed by atoms with Gasteiger partial charge >= 0.3 is 0 Å². The number of hydrogen-bond donors (Lipinski definition) is 0. The summed E-state index contributed by atoms with van der Waals surface area (Å²) in [6, 6.07) is 3.09. The zero-order chi connectivity index (χ0) is 7.40. The molecule has 3 nitrogen and oxygen atoms in total. The first-order chi connectivity index (χ1) is 4.84. The van der Waals surface area contributed by atoms with E-state index in [1.165, 1.54) is 12.3 Å². The van der Waals surface area contributed by atoms with Gasteiger partial charge in [0.05, 0.1) is 6.26 Å². The van der Waals surface area contributed by atoms with Crippen molar-refractivity contribution in [2.24, 2.45) is 0 Å². The van der Waals surface area contributed by atoms with Crippen molar-refractivity contribution >= 4 is 5.78 Å². The molecule has 1 rings (SSSR count). The van der Waals surface area contributed by atoms with E-state index in [1.54, 1.807) is 6.07 Å². The fourth-order valence-electron chi connectivity index (χ4n) is 0.563. The van der Waals surface area contributed by atoms with Crippen molar-refractivity contribution in [2.45, 2.75) is 0 Å². The number of furan rings is 1. The monoisotopic (exact) mass is 137 g/mol. The van der Waals surface area contributed by atoms with Gasteiger partial charge in [0, 0.05) is 0 Å². The molecule has 0 amide bonds. The normalized spacial score (nSPS) is 10.4. The van der Waals surface area contributed by atoms with Crippen LogP contribution in [0.1, 0.15) is 10.6 Å². The van der Waals surface area contributed by atoms with Gasteiger partial charge in [0.1, 0.15) is 0 Å². The van der Waals surface area contributed by atoms with Crippen LogP contribution in [-0.4, -0.2) is 5.78 Å². The van der Waals surface area contributed by atoms with Crippen molar-refractivity contribution in [3.63, 3.8) is 0 Å². The highest BCUT2D eigenvalue weighted by Gasteiger charge is 2.00. The molecule has 52 valence electrons. The van der Waals surface area contributed by atoms with E-state index in [9.17, 15) is 9.90 Å². The van der Waals surface area contributed by atoms with Gasteiger partial charge in [-0.25, -0.2) is 0 Å². The van der Waals surface area contributed by atoms with Crippen LogP contribution in [0.4, 0.5) is 0 Å². The zero-order valence-corrected chi connectivity index (χ0v) is 5.11. The van der Waals surface area contributed by atoms with E-state index in [2.05, 4.69) is 0 Å². The lowest BCUT2D eigenvalue weighted by molar-refractivity contribution is -0.274. The number of carbonyl (C=O) groups excluding carboxylic acids is 1. The molecule has 0 saturated heterocycles. The molecule has 0 saturated carbocycles. The van der Waals surface area contributed by atoms with Crippen molar-refractivity contribution in [3.8, 4) is 0 Å². The first kappa shape index (κ1) is 6.61. The largest absolute Gasteiger partial charge is 0.878 e. The van der Waals surface area contributed by atoms with Crippen molar-refractivity contribution in [2.75, 3.05) is 0 Å². The molecule has 1 heterocycles. The number of allylic oxidation sites excluding steroid dienone is 1. The highest BCUT2D eigenvalue weighted by Crippen LogP contribution is 2.00. The standard InChI is InChI=1S/C7H6O3/c8-4-3-6(9)7-2-1-5-10-7/h1-5,8H/p-1/b4-3+. The third-order valence-electron chi connectivity index (χ3n) is 0.983. The summed E-state index contributed by atoms with van der Waals surface area (Å²) in [6.07, 6.45) is 2.73. The highest BCUT2D eigenvalue weighted by molar-refractivity contribution is 6.02. The van der Waals surface area contributed by atoms with Gasteiger partial charge in [-0.3, -0.25) is 4.79 Å². The van der Waals surface area contributed by atoms with Crippen LogP contribution in [0.2, 0.25) is 0 Å². The van der Waals surface area contributed by atoms with Gasteiger partial charge in [-0.15, -0.1) is 6.26 Å². The predicted molar refractivity (Wildman–Crippen MR) is 32.2 cm³/mol. The average molecular weight is 137 g/mol. The molecule has 0 fully saturated rings. The van der Waals surface area contributed by atoms with E-state index in [4.69, 9.17) is 4.42 Å². The molecule has 0 atom stereocenters. The van der Waals surface area contributed by atoms with Gasteiger partial charge in [0.15, 0.2) is 5.76 Å². The zero-order valence-electron chi connectivity index (χ0n) is 5.11. The molecule has 0 aliphatic rings. The van der Waals surface area contributed by atoms with Crippen molar-refractivity contribution in [1.82, 2.24) is 0 Å². The molecular weight excluding hydrogens is 132 g/mol. The Balaban J connectivity index is 2.78. The lowest BCUT2D eigenvalue weighted by Crippen LogP contribution is -1.94. The van der Waals surface area contributed by atoms with Crippen LogP contribution in [0.15, 0.2) is 35.2 Å². The maximum absolute atomic E-state index is 10.7. The predicted octanol–water partition coefficient (Wildman–Crippen LogP) is 0.336. The Morgan fingerprint density at radius 3 is 3.00 bits per heavy atom. The summed E-state index contributed by atoms with van der Waals surface area (Å²) in [7, 11) is 0. The Labute approximate surface area is 57.6 Å². The Morgan fingerprint density at radius 2 is 2.50 bits per heavy atom. The van der Waals surface area contributed by atoms with Gasteiger partial charge in [0.2, 0.25) is 5.78 Å². The molecule has 3 heteroatoms. The fourth-order valence-corrected chi connectivity index (χ4v) is 0.563. The second-order valence-electron chi connectivity index (χ2n) is 1.64. The third-order valence-corrected chi connectivity index (χ3v) is 0.983. The molecular formula is C7H5O3-. The summed E-state index contributed by atoms with van der Waals surface area (Å²) in [4.78, 5) is 10.7. The Bertz CT molecular complexity index is 233. The van der Waals surface area contributed by atoms with Crippen LogP contribution >= 0.6 is 0 Å². The fraction of sp³-hybridized carbons (Fsp3) is 0. The third kappa shape index (κ3) is 1.25. The molecule has 0 aromatic carbocycles. The first-order valence-electron chi connectivity index (χ1n) is 2.71. The lowest BCUT2D eigenvalue weighted by Gasteiger charge is -1.88. The van der Waals surface area contributed by atoms with Crippen LogP contribution in [0.3, 0.4) is 0 Å². The van der Waals surface area contributed by atoms with Gasteiger partial charge in [-0.2, -0.15) is 0 Å². The molecule has 0 aliphatic heterocycles. The summed E-state index contributed by atoms with van der Waals surface area (Å²) in [5.41, 5.74) is 0. The van der Waals surface area contributed by atoms with E-state index in [1.807, 2.05) is 0 Å². The van der Waals surface area contributed by atoms with E-state index >= 15 is 0 Å². The number of ketones is 1. The van der Waals surface area contributed by atoms with Crippen LogP contribution in [0.5, 0.6) is 0 Å². The van der Waals surface area contributed by atoms with Crippen LogP contribution in [0, 0.1) is 0 Å². The minimum absolute atomic E-state index is 0.187. The van der Waals surface area contributed by atoms with Gasteiger partial charge in [-0.1, -0.05) is 0 Å². The van der Waals surface area contributed by atoms with Crippen LogP contribution < -0.4 is 5.11 Å². The van der Waals surface area contributed by atoms with Crippen molar-refractivity contribution in [3.05, 3.63) is 36.5 Å². The van der Waals surface area contributed by atoms with Crippen LogP contribution in [-0.2, 0) is 0 Å². The van der Waals surface area contributed by atoms with Gasteiger partial charge < -0.3 is 9.52 Å². The first-order valence-corrected chi connectivity index (χ1v) is 2.71. The average Bonchev–Trinajstić information content (AvgIpc) is 2.38.